The summed E-state index contributed by atoms with van der Waals surface area (Å²) in [5.74, 6) is 0.566. The Hall–Kier alpha value is -0.813. The van der Waals surface area contributed by atoms with Crippen LogP contribution < -0.4 is 5.73 Å². The minimum atomic E-state index is -1.57. The van der Waals surface area contributed by atoms with E-state index in [1.165, 1.54) is 18.1 Å². The van der Waals surface area contributed by atoms with Crippen LogP contribution in [0.4, 0.5) is 5.82 Å². The summed E-state index contributed by atoms with van der Waals surface area (Å²) in [6.07, 6.45) is 1.91. The van der Waals surface area contributed by atoms with Gasteiger partial charge in [0.15, 0.2) is 8.32 Å². The SMILES string of the molecule is CC[Si](CC)(CC)OC(C)(C)Cn1ccc(N)n1. The van der Waals surface area contributed by atoms with Crippen LogP contribution in [-0.4, -0.2) is 23.7 Å². The largest absolute Gasteiger partial charge is 0.410 e. The van der Waals surface area contributed by atoms with Crippen molar-refractivity contribution in [3.05, 3.63) is 12.3 Å². The summed E-state index contributed by atoms with van der Waals surface area (Å²) in [5, 5.41) is 4.23. The lowest BCUT2D eigenvalue weighted by Gasteiger charge is -2.38. The molecule has 0 radical (unpaired) electrons. The summed E-state index contributed by atoms with van der Waals surface area (Å²) < 4.78 is 8.39. The van der Waals surface area contributed by atoms with Gasteiger partial charge in [0.2, 0.25) is 0 Å². The van der Waals surface area contributed by atoms with Crippen molar-refractivity contribution in [2.24, 2.45) is 0 Å². The van der Waals surface area contributed by atoms with Crippen molar-refractivity contribution in [2.45, 2.75) is 64.9 Å². The molecule has 1 heterocycles. The van der Waals surface area contributed by atoms with Gasteiger partial charge >= 0.3 is 0 Å². The number of nitrogens with zero attached hydrogens (tertiary/aromatic N) is 2. The Bertz CT molecular complexity index is 364. The molecular weight excluding hydrogens is 242 g/mol. The van der Waals surface area contributed by atoms with Gasteiger partial charge in [-0.15, -0.1) is 0 Å². The van der Waals surface area contributed by atoms with E-state index in [4.69, 9.17) is 10.2 Å². The molecule has 0 fully saturated rings. The molecule has 18 heavy (non-hydrogen) atoms. The highest BCUT2D eigenvalue weighted by atomic mass is 28.4. The van der Waals surface area contributed by atoms with Crippen molar-refractivity contribution in [3.8, 4) is 0 Å². The second kappa shape index (κ2) is 5.89. The van der Waals surface area contributed by atoms with Crippen molar-refractivity contribution in [1.82, 2.24) is 9.78 Å². The Kier molecular flexibility index (Phi) is 4.98. The van der Waals surface area contributed by atoms with Gasteiger partial charge in [0, 0.05) is 6.20 Å². The molecule has 0 atom stereocenters. The molecule has 0 saturated heterocycles. The maximum absolute atomic E-state index is 6.52. The van der Waals surface area contributed by atoms with Crippen LogP contribution in [0.25, 0.3) is 0 Å². The maximum Gasteiger partial charge on any atom is 0.192 e. The normalized spacial score (nSPS) is 12.9. The minimum absolute atomic E-state index is 0.188. The molecule has 0 amide bonds. The molecule has 0 spiro atoms. The molecule has 0 saturated carbocycles. The van der Waals surface area contributed by atoms with Gasteiger partial charge in [-0.2, -0.15) is 5.10 Å². The summed E-state index contributed by atoms with van der Waals surface area (Å²) in [5.41, 5.74) is 5.45. The quantitative estimate of drug-likeness (QED) is 0.773. The van der Waals surface area contributed by atoms with Crippen LogP contribution >= 0.6 is 0 Å². The van der Waals surface area contributed by atoms with E-state index in [9.17, 15) is 0 Å². The third-order valence-corrected chi connectivity index (χ3v) is 8.48. The van der Waals surface area contributed by atoms with E-state index in [1.807, 2.05) is 16.9 Å². The average Bonchev–Trinajstić information content (AvgIpc) is 2.71. The molecule has 0 aliphatic carbocycles. The van der Waals surface area contributed by atoms with Crippen molar-refractivity contribution in [1.29, 1.82) is 0 Å². The van der Waals surface area contributed by atoms with Gasteiger partial charge in [-0.1, -0.05) is 20.8 Å². The van der Waals surface area contributed by atoms with Gasteiger partial charge in [-0.05, 0) is 38.0 Å². The van der Waals surface area contributed by atoms with Gasteiger partial charge in [-0.25, -0.2) is 0 Å². The number of nitrogens with two attached hydrogens (primary N) is 1. The van der Waals surface area contributed by atoms with Gasteiger partial charge in [0.1, 0.15) is 5.82 Å². The third-order valence-electron chi connectivity index (χ3n) is 3.63. The van der Waals surface area contributed by atoms with Crippen LogP contribution in [0.2, 0.25) is 18.1 Å². The highest BCUT2D eigenvalue weighted by Crippen LogP contribution is 2.28. The van der Waals surface area contributed by atoms with E-state index in [-0.39, 0.29) is 5.60 Å². The first-order valence-corrected chi connectivity index (χ1v) is 9.38. The number of aromatic nitrogens is 2. The molecule has 0 bridgehead atoms. The zero-order valence-electron chi connectivity index (χ0n) is 12.4. The van der Waals surface area contributed by atoms with E-state index in [0.29, 0.717) is 5.82 Å². The van der Waals surface area contributed by atoms with E-state index < -0.39 is 8.32 Å². The number of hydrogen-bond acceptors (Lipinski definition) is 3. The van der Waals surface area contributed by atoms with Crippen LogP contribution in [0.3, 0.4) is 0 Å². The lowest BCUT2D eigenvalue weighted by Crippen LogP contribution is -2.46. The van der Waals surface area contributed by atoms with Gasteiger partial charge in [-0.3, -0.25) is 4.68 Å². The van der Waals surface area contributed by atoms with E-state index in [2.05, 4.69) is 39.7 Å². The number of nitrogen functional groups attached to an aromatic ring is 1. The second-order valence-electron chi connectivity index (χ2n) is 5.54. The van der Waals surface area contributed by atoms with E-state index >= 15 is 0 Å². The molecule has 0 aliphatic heterocycles. The molecule has 104 valence electrons. The first kappa shape index (κ1) is 15.2. The second-order valence-corrected chi connectivity index (χ2v) is 10.2. The average molecular weight is 269 g/mol. The fourth-order valence-electron chi connectivity index (χ4n) is 2.44. The van der Waals surface area contributed by atoms with E-state index in [1.54, 1.807) is 0 Å². The summed E-state index contributed by atoms with van der Waals surface area (Å²) in [4.78, 5) is 0. The summed E-state index contributed by atoms with van der Waals surface area (Å²) in [7, 11) is -1.57. The van der Waals surface area contributed by atoms with Crippen molar-refractivity contribution < 1.29 is 4.43 Å². The zero-order valence-corrected chi connectivity index (χ0v) is 13.4. The van der Waals surface area contributed by atoms with Gasteiger partial charge in [0.05, 0.1) is 12.1 Å². The Morgan fingerprint density at radius 1 is 1.28 bits per heavy atom. The predicted octanol–water partition coefficient (Wildman–Crippen LogP) is 3.27. The fourth-order valence-corrected chi connectivity index (χ4v) is 5.61. The Morgan fingerprint density at radius 3 is 2.22 bits per heavy atom. The van der Waals surface area contributed by atoms with E-state index in [0.717, 1.165) is 6.54 Å². The Balaban J connectivity index is 2.74. The first-order chi connectivity index (χ1) is 8.36. The molecule has 0 aliphatic rings. The Labute approximate surface area is 112 Å². The smallest absolute Gasteiger partial charge is 0.192 e. The summed E-state index contributed by atoms with van der Waals surface area (Å²) >= 11 is 0. The van der Waals surface area contributed by atoms with Crippen LogP contribution in [0.15, 0.2) is 12.3 Å². The summed E-state index contributed by atoms with van der Waals surface area (Å²) in [6.45, 7) is 11.8. The molecule has 0 unspecified atom stereocenters. The molecule has 2 N–H and O–H groups in total. The number of rotatable bonds is 7. The third kappa shape index (κ3) is 3.85. The van der Waals surface area contributed by atoms with Gasteiger partial charge in [0.25, 0.3) is 0 Å². The van der Waals surface area contributed by atoms with Crippen molar-refractivity contribution in [2.75, 3.05) is 5.73 Å². The first-order valence-electron chi connectivity index (χ1n) is 6.85. The summed E-state index contributed by atoms with van der Waals surface area (Å²) in [6, 6.07) is 5.33. The maximum atomic E-state index is 6.52. The molecule has 1 aromatic heterocycles. The molecule has 1 rings (SSSR count). The van der Waals surface area contributed by atoms with Crippen LogP contribution in [0.1, 0.15) is 34.6 Å². The minimum Gasteiger partial charge on any atom is -0.410 e. The van der Waals surface area contributed by atoms with Gasteiger partial charge < -0.3 is 10.2 Å². The lowest BCUT2D eigenvalue weighted by molar-refractivity contribution is 0.0724. The fraction of sp³-hybridized carbons (Fsp3) is 0.769. The molecule has 5 heteroatoms. The molecule has 4 nitrogen and oxygen atoms in total. The number of anilines is 1. The topological polar surface area (TPSA) is 53.1 Å². The monoisotopic (exact) mass is 269 g/mol. The van der Waals surface area contributed by atoms with Crippen LogP contribution in [-0.2, 0) is 11.0 Å². The van der Waals surface area contributed by atoms with Crippen molar-refractivity contribution in [3.63, 3.8) is 0 Å². The highest BCUT2D eigenvalue weighted by molar-refractivity contribution is 6.73. The Morgan fingerprint density at radius 2 is 1.83 bits per heavy atom. The molecule has 0 aromatic carbocycles. The van der Waals surface area contributed by atoms with Crippen LogP contribution in [0, 0.1) is 0 Å². The van der Waals surface area contributed by atoms with Crippen LogP contribution in [0.5, 0.6) is 0 Å². The number of hydrogen-bond donors (Lipinski definition) is 1. The lowest BCUT2D eigenvalue weighted by atomic mass is 10.1. The zero-order chi connectivity index (χ0) is 13.8. The standard InChI is InChI=1S/C13H27N3OSi/c1-6-18(7-2,8-3)17-13(4,5)11-16-10-9-12(14)15-16/h9-10H,6-8,11H2,1-5H3,(H2,14,15). The predicted molar refractivity (Wildman–Crippen MR) is 79.0 cm³/mol. The van der Waals surface area contributed by atoms with Crippen molar-refractivity contribution >= 4 is 14.1 Å². The molecular formula is C13H27N3OSi. The highest BCUT2D eigenvalue weighted by Gasteiger charge is 2.35. The molecule has 1 aromatic rings.